The minimum atomic E-state index is -0.397. The SMILES string of the molecule is Cc1cc(C(C)(C)C)cc(C)c1C[n+]1cccc(C(N)=O)c1.[Cl-]. The van der Waals surface area contributed by atoms with Crippen LogP contribution >= 0.6 is 0 Å². The van der Waals surface area contributed by atoms with Crippen molar-refractivity contribution in [2.45, 2.75) is 46.6 Å². The first-order valence-electron chi connectivity index (χ1n) is 7.58. The highest BCUT2D eigenvalue weighted by molar-refractivity contribution is 5.92. The smallest absolute Gasteiger partial charge is 0.254 e. The van der Waals surface area contributed by atoms with Crippen molar-refractivity contribution in [3.63, 3.8) is 0 Å². The molecule has 0 unspecified atom stereocenters. The van der Waals surface area contributed by atoms with E-state index in [9.17, 15) is 4.79 Å². The summed E-state index contributed by atoms with van der Waals surface area (Å²) in [6.45, 7) is 11.7. The minimum absolute atomic E-state index is 0. The molecule has 0 saturated carbocycles. The molecule has 4 heteroatoms. The second-order valence-corrected chi connectivity index (χ2v) is 6.97. The van der Waals surface area contributed by atoms with Crippen LogP contribution in [0.25, 0.3) is 0 Å². The molecule has 2 rings (SSSR count). The standard InChI is InChI=1S/C19H24N2O.ClH/c1-13-9-16(19(3,4)5)10-14(2)17(13)12-21-8-6-7-15(11-21)18(20)22;/h6-11H,12H2,1-5H3,(H-,20,22);1H. The summed E-state index contributed by atoms with van der Waals surface area (Å²) in [7, 11) is 0. The van der Waals surface area contributed by atoms with E-state index in [0.29, 0.717) is 5.56 Å². The van der Waals surface area contributed by atoms with Crippen LogP contribution in [0.3, 0.4) is 0 Å². The fourth-order valence-corrected chi connectivity index (χ4v) is 2.62. The van der Waals surface area contributed by atoms with Crippen molar-refractivity contribution in [1.29, 1.82) is 0 Å². The zero-order chi connectivity index (χ0) is 16.5. The van der Waals surface area contributed by atoms with Gasteiger partial charge in [-0.05, 0) is 42.0 Å². The van der Waals surface area contributed by atoms with Crippen LogP contribution in [0.5, 0.6) is 0 Å². The molecule has 0 bridgehead atoms. The van der Waals surface area contributed by atoms with Gasteiger partial charge in [0.15, 0.2) is 18.9 Å². The molecule has 0 aliphatic rings. The van der Waals surface area contributed by atoms with Gasteiger partial charge in [0.25, 0.3) is 5.91 Å². The molecule has 23 heavy (non-hydrogen) atoms. The van der Waals surface area contributed by atoms with E-state index in [1.54, 1.807) is 12.3 Å². The Morgan fingerprint density at radius 1 is 1.17 bits per heavy atom. The first-order chi connectivity index (χ1) is 10.2. The van der Waals surface area contributed by atoms with Crippen LogP contribution in [-0.2, 0) is 12.0 Å². The van der Waals surface area contributed by atoms with E-state index >= 15 is 0 Å². The number of carbonyl (C=O) groups is 1. The average Bonchev–Trinajstić information content (AvgIpc) is 2.42. The van der Waals surface area contributed by atoms with Crippen LogP contribution < -0.4 is 22.7 Å². The third-order valence-electron chi connectivity index (χ3n) is 4.05. The van der Waals surface area contributed by atoms with Gasteiger partial charge in [0, 0.05) is 11.6 Å². The van der Waals surface area contributed by atoms with Crippen molar-refractivity contribution in [2.24, 2.45) is 5.73 Å². The van der Waals surface area contributed by atoms with E-state index in [4.69, 9.17) is 5.73 Å². The van der Waals surface area contributed by atoms with Crippen molar-refractivity contribution < 1.29 is 21.8 Å². The van der Waals surface area contributed by atoms with Gasteiger partial charge in [0.05, 0.1) is 0 Å². The van der Waals surface area contributed by atoms with Crippen molar-refractivity contribution in [3.05, 3.63) is 64.5 Å². The van der Waals surface area contributed by atoms with Gasteiger partial charge in [0.1, 0.15) is 5.56 Å². The second-order valence-electron chi connectivity index (χ2n) is 6.97. The van der Waals surface area contributed by atoms with Gasteiger partial charge >= 0.3 is 0 Å². The summed E-state index contributed by atoms with van der Waals surface area (Å²) in [4.78, 5) is 11.3. The van der Waals surface area contributed by atoms with E-state index in [0.717, 1.165) is 6.54 Å². The Morgan fingerprint density at radius 2 is 1.74 bits per heavy atom. The van der Waals surface area contributed by atoms with Crippen LogP contribution in [0.1, 0.15) is 53.4 Å². The number of halogens is 1. The zero-order valence-electron chi connectivity index (χ0n) is 14.5. The number of carbonyl (C=O) groups excluding carboxylic acids is 1. The average molecular weight is 333 g/mol. The number of nitrogens with zero attached hydrogens (tertiary/aromatic N) is 1. The summed E-state index contributed by atoms with van der Waals surface area (Å²) in [6.07, 6.45) is 3.77. The molecule has 0 aliphatic carbocycles. The molecule has 124 valence electrons. The molecule has 2 N–H and O–H groups in total. The Bertz CT molecular complexity index is 695. The fourth-order valence-electron chi connectivity index (χ4n) is 2.62. The maximum absolute atomic E-state index is 11.3. The molecule has 2 aromatic rings. The summed E-state index contributed by atoms with van der Waals surface area (Å²) in [5, 5.41) is 0. The lowest BCUT2D eigenvalue weighted by atomic mass is 9.84. The van der Waals surface area contributed by atoms with Gasteiger partial charge in [-0.25, -0.2) is 0 Å². The topological polar surface area (TPSA) is 47.0 Å². The lowest BCUT2D eigenvalue weighted by Gasteiger charge is -2.21. The number of benzene rings is 1. The van der Waals surface area contributed by atoms with E-state index in [2.05, 4.69) is 46.8 Å². The summed E-state index contributed by atoms with van der Waals surface area (Å²) in [5.74, 6) is -0.397. The highest BCUT2D eigenvalue weighted by Crippen LogP contribution is 2.26. The number of hydrogen-bond donors (Lipinski definition) is 1. The quantitative estimate of drug-likeness (QED) is 0.793. The number of aryl methyl sites for hydroxylation is 2. The molecule has 1 amide bonds. The van der Waals surface area contributed by atoms with E-state index in [1.807, 2.05) is 16.8 Å². The Labute approximate surface area is 144 Å². The van der Waals surface area contributed by atoms with Gasteiger partial charge in [0.2, 0.25) is 0 Å². The number of nitrogens with two attached hydrogens (primary N) is 1. The number of amides is 1. The fraction of sp³-hybridized carbons (Fsp3) is 0.368. The lowest BCUT2D eigenvalue weighted by molar-refractivity contribution is -0.688. The molecule has 0 atom stereocenters. The third kappa shape index (κ3) is 4.55. The Hall–Kier alpha value is -1.87. The maximum Gasteiger partial charge on any atom is 0.254 e. The van der Waals surface area contributed by atoms with Crippen molar-refractivity contribution in [1.82, 2.24) is 0 Å². The highest BCUT2D eigenvalue weighted by Gasteiger charge is 2.18. The van der Waals surface area contributed by atoms with Crippen molar-refractivity contribution in [3.8, 4) is 0 Å². The third-order valence-corrected chi connectivity index (χ3v) is 4.05. The summed E-state index contributed by atoms with van der Waals surface area (Å²) in [6, 6.07) is 8.12. The largest absolute Gasteiger partial charge is 1.00 e. The molecule has 0 spiro atoms. The molecule has 3 nitrogen and oxygen atoms in total. The predicted molar refractivity (Wildman–Crippen MR) is 88.9 cm³/mol. The number of aromatic nitrogens is 1. The van der Waals surface area contributed by atoms with Crippen LogP contribution in [-0.4, -0.2) is 5.91 Å². The first-order valence-corrected chi connectivity index (χ1v) is 7.58. The number of primary amides is 1. The summed E-state index contributed by atoms with van der Waals surface area (Å²) < 4.78 is 2.01. The molecule has 0 saturated heterocycles. The van der Waals surface area contributed by atoms with Gasteiger partial charge in [-0.1, -0.05) is 32.9 Å². The van der Waals surface area contributed by atoms with Crippen LogP contribution in [0.15, 0.2) is 36.7 Å². The van der Waals surface area contributed by atoms with Crippen molar-refractivity contribution >= 4 is 5.91 Å². The van der Waals surface area contributed by atoms with Gasteiger partial charge in [-0.2, -0.15) is 4.57 Å². The summed E-state index contributed by atoms with van der Waals surface area (Å²) in [5.41, 5.74) is 11.2. The first kappa shape index (κ1) is 19.2. The highest BCUT2D eigenvalue weighted by atomic mass is 35.5. The van der Waals surface area contributed by atoms with Crippen LogP contribution in [0.4, 0.5) is 0 Å². The van der Waals surface area contributed by atoms with Gasteiger partial charge < -0.3 is 18.1 Å². The molecule has 1 aromatic carbocycles. The zero-order valence-corrected chi connectivity index (χ0v) is 15.2. The molecule has 0 radical (unpaired) electrons. The van der Waals surface area contributed by atoms with Gasteiger partial charge in [-0.15, -0.1) is 0 Å². The minimum Gasteiger partial charge on any atom is -1.00 e. The number of pyridine rings is 1. The van der Waals surface area contributed by atoms with E-state index in [1.165, 1.54) is 22.3 Å². The Morgan fingerprint density at radius 3 is 2.22 bits per heavy atom. The number of hydrogen-bond acceptors (Lipinski definition) is 1. The molecular formula is C19H25ClN2O. The normalized spacial score (nSPS) is 11.0. The van der Waals surface area contributed by atoms with Crippen molar-refractivity contribution in [2.75, 3.05) is 0 Å². The van der Waals surface area contributed by atoms with Crippen LogP contribution in [0.2, 0.25) is 0 Å². The predicted octanol–water partition coefficient (Wildman–Crippen LogP) is 0.0396. The number of rotatable bonds is 3. The Balaban J connectivity index is 0.00000264. The monoisotopic (exact) mass is 332 g/mol. The van der Waals surface area contributed by atoms with Gasteiger partial charge in [-0.3, -0.25) is 4.79 Å². The van der Waals surface area contributed by atoms with Crippen LogP contribution in [0, 0.1) is 13.8 Å². The maximum atomic E-state index is 11.3. The van der Waals surface area contributed by atoms with E-state index < -0.39 is 5.91 Å². The molecule has 0 fully saturated rings. The Kier molecular flexibility index (Phi) is 5.95. The molecule has 0 aliphatic heterocycles. The summed E-state index contributed by atoms with van der Waals surface area (Å²) >= 11 is 0. The molecule has 1 aromatic heterocycles. The van der Waals surface area contributed by atoms with E-state index in [-0.39, 0.29) is 17.8 Å². The molecular weight excluding hydrogens is 308 g/mol. The second kappa shape index (κ2) is 7.14. The lowest BCUT2D eigenvalue weighted by Crippen LogP contribution is -3.00. The molecule has 1 heterocycles.